The third-order valence-corrected chi connectivity index (χ3v) is 8.97. The topological polar surface area (TPSA) is 133 Å². The second-order valence-electron chi connectivity index (χ2n) is 10.2. The van der Waals surface area contributed by atoms with Gasteiger partial charge < -0.3 is 30.9 Å². The quantitative estimate of drug-likeness (QED) is 0.352. The first kappa shape index (κ1) is 18.2. The van der Waals surface area contributed by atoms with Gasteiger partial charge in [0.15, 0.2) is 5.78 Å². The van der Waals surface area contributed by atoms with Crippen LogP contribution >= 0.6 is 0 Å². The highest BCUT2D eigenvalue weighted by molar-refractivity contribution is 6.05. The maximum absolute atomic E-state index is 13.4. The van der Waals surface area contributed by atoms with Crippen molar-refractivity contribution in [3.05, 3.63) is 12.2 Å². The van der Waals surface area contributed by atoms with Gasteiger partial charge in [-0.25, -0.2) is 0 Å². The number of nitrogens with two attached hydrogens (primary N) is 1. The van der Waals surface area contributed by atoms with Crippen LogP contribution in [0.15, 0.2) is 12.2 Å². The molecular formula is C20H29NO6. The fraction of sp³-hybridized carbons (Fsp3) is 0.850. The van der Waals surface area contributed by atoms with E-state index in [0.717, 1.165) is 0 Å². The minimum atomic E-state index is -2.18. The molecule has 7 heteroatoms. The van der Waals surface area contributed by atoms with Crippen LogP contribution in [0.25, 0.3) is 0 Å². The lowest BCUT2D eigenvalue weighted by atomic mass is 9.35. The van der Waals surface area contributed by atoms with Crippen LogP contribution in [0.4, 0.5) is 0 Å². The number of ketones is 1. The van der Waals surface area contributed by atoms with Crippen LogP contribution in [0.1, 0.15) is 33.1 Å². The van der Waals surface area contributed by atoms with Crippen LogP contribution in [0.3, 0.4) is 0 Å². The molecule has 0 aromatic rings. The van der Waals surface area contributed by atoms with Crippen molar-refractivity contribution in [2.24, 2.45) is 39.7 Å². The van der Waals surface area contributed by atoms with Gasteiger partial charge in [0, 0.05) is 23.3 Å². The summed E-state index contributed by atoms with van der Waals surface area (Å²) in [6.45, 7) is 7.83. The minimum absolute atomic E-state index is 0.0520. The Bertz CT molecular complexity index is 753. The van der Waals surface area contributed by atoms with Crippen LogP contribution < -0.4 is 5.73 Å². The van der Waals surface area contributed by atoms with Crippen LogP contribution in [-0.2, 0) is 9.53 Å². The van der Waals surface area contributed by atoms with Gasteiger partial charge in [-0.1, -0.05) is 20.4 Å². The Morgan fingerprint density at radius 3 is 2.52 bits per heavy atom. The van der Waals surface area contributed by atoms with Crippen molar-refractivity contribution in [1.29, 1.82) is 0 Å². The lowest BCUT2D eigenvalue weighted by Gasteiger charge is -2.75. The molecule has 2 heterocycles. The van der Waals surface area contributed by atoms with Crippen molar-refractivity contribution >= 4 is 5.78 Å². The SMILES string of the molecule is C=C1C(=O)[C@]23[C@@H](O)[C@H]1CC[C@H]2[C@@]12CO[C@]3(O)[C@@H](O)[C@@H]1C(C)(C)C[C@@H](O)[C@@H]2N. The Balaban J connectivity index is 1.82. The fourth-order valence-corrected chi connectivity index (χ4v) is 8.12. The van der Waals surface area contributed by atoms with E-state index in [1.54, 1.807) is 0 Å². The van der Waals surface area contributed by atoms with Gasteiger partial charge in [-0.15, -0.1) is 0 Å². The summed E-state index contributed by atoms with van der Waals surface area (Å²) in [5, 5.41) is 44.9. The fourth-order valence-electron chi connectivity index (χ4n) is 8.12. The van der Waals surface area contributed by atoms with Crippen molar-refractivity contribution in [3.63, 3.8) is 0 Å². The first-order valence-electron chi connectivity index (χ1n) is 9.87. The molecule has 2 aliphatic heterocycles. The van der Waals surface area contributed by atoms with E-state index in [9.17, 15) is 25.2 Å². The number of hydrogen-bond acceptors (Lipinski definition) is 7. The number of rotatable bonds is 0. The summed E-state index contributed by atoms with van der Waals surface area (Å²) in [5.74, 6) is -3.99. The summed E-state index contributed by atoms with van der Waals surface area (Å²) in [5.41, 5.74) is 3.74. The van der Waals surface area contributed by atoms with E-state index in [1.165, 1.54) is 0 Å². The number of carbonyl (C=O) groups is 1. The Morgan fingerprint density at radius 2 is 1.85 bits per heavy atom. The molecule has 4 aliphatic carbocycles. The third-order valence-electron chi connectivity index (χ3n) is 8.97. The van der Waals surface area contributed by atoms with Crippen molar-refractivity contribution in [3.8, 4) is 0 Å². The minimum Gasteiger partial charge on any atom is -0.391 e. The van der Waals surface area contributed by atoms with Gasteiger partial charge in [-0.05, 0) is 36.2 Å². The molecule has 4 saturated carbocycles. The summed E-state index contributed by atoms with van der Waals surface area (Å²) in [4.78, 5) is 13.4. The summed E-state index contributed by atoms with van der Waals surface area (Å²) in [6, 6.07) is -0.720. The first-order valence-corrected chi connectivity index (χ1v) is 9.87. The monoisotopic (exact) mass is 379 g/mol. The second kappa shape index (κ2) is 4.83. The Hall–Kier alpha value is -0.830. The lowest BCUT2D eigenvalue weighted by molar-refractivity contribution is -0.453. The van der Waals surface area contributed by atoms with E-state index in [2.05, 4.69) is 6.58 Å². The number of ether oxygens (including phenoxy) is 1. The molecule has 7 nitrogen and oxygen atoms in total. The summed E-state index contributed by atoms with van der Waals surface area (Å²) < 4.78 is 5.82. The van der Waals surface area contributed by atoms with Gasteiger partial charge >= 0.3 is 0 Å². The number of carbonyl (C=O) groups excluding carboxylic acids is 1. The third kappa shape index (κ3) is 1.56. The zero-order valence-corrected chi connectivity index (χ0v) is 15.8. The van der Waals surface area contributed by atoms with Gasteiger partial charge in [-0.2, -0.15) is 0 Å². The molecule has 6 rings (SSSR count). The average Bonchev–Trinajstić information content (AvgIpc) is 2.70. The molecule has 2 spiro atoms. The highest BCUT2D eigenvalue weighted by atomic mass is 16.6. The molecule has 6 N–H and O–H groups in total. The lowest BCUT2D eigenvalue weighted by Crippen LogP contribution is -2.87. The molecule has 0 amide bonds. The molecule has 6 aliphatic rings. The molecule has 0 aromatic heterocycles. The van der Waals surface area contributed by atoms with Gasteiger partial charge in [0.25, 0.3) is 0 Å². The van der Waals surface area contributed by atoms with Crippen LogP contribution in [0.5, 0.6) is 0 Å². The number of aliphatic hydroxyl groups is 4. The smallest absolute Gasteiger partial charge is 0.208 e. The van der Waals surface area contributed by atoms with Gasteiger partial charge in [0.1, 0.15) is 11.5 Å². The van der Waals surface area contributed by atoms with Crippen molar-refractivity contribution in [2.75, 3.05) is 6.61 Å². The van der Waals surface area contributed by atoms with Crippen molar-refractivity contribution in [1.82, 2.24) is 0 Å². The molecule has 4 bridgehead atoms. The molecule has 6 fully saturated rings. The van der Waals surface area contributed by atoms with Crippen LogP contribution in [0.2, 0.25) is 0 Å². The number of aliphatic hydroxyl groups excluding tert-OH is 3. The first-order chi connectivity index (χ1) is 12.5. The Morgan fingerprint density at radius 1 is 1.19 bits per heavy atom. The van der Waals surface area contributed by atoms with Crippen LogP contribution in [0, 0.1) is 34.0 Å². The Kier molecular flexibility index (Phi) is 3.26. The molecule has 0 aromatic carbocycles. The number of Topliss-reactive ketones (excluding diaryl/α,β-unsaturated/α-hetero) is 1. The van der Waals surface area contributed by atoms with Crippen LogP contribution in [-0.4, -0.2) is 63.0 Å². The van der Waals surface area contributed by atoms with E-state index >= 15 is 0 Å². The zero-order valence-electron chi connectivity index (χ0n) is 15.8. The molecule has 10 atom stereocenters. The molecule has 2 saturated heterocycles. The zero-order chi connectivity index (χ0) is 19.7. The van der Waals surface area contributed by atoms with E-state index in [0.29, 0.717) is 24.8 Å². The maximum Gasteiger partial charge on any atom is 0.208 e. The summed E-state index contributed by atoms with van der Waals surface area (Å²) in [7, 11) is 0. The van der Waals surface area contributed by atoms with Gasteiger partial charge in [0.05, 0.1) is 18.8 Å². The number of hydrogen-bond donors (Lipinski definition) is 5. The standard InChI is InChI=1S/C20H29NO6/c1-8-9-4-5-11-18-7-27-20(26,19(11,14(8)23)15(9)24)16(25)12(18)17(2,3)6-10(22)13(18)21/h9-13,15-16,22,24-26H,1,4-7,21H2,2-3H3/t9-,10+,11-,12+,13-,15-,16-,18-,19-,20+/m0/s1. The second-order valence-corrected chi connectivity index (χ2v) is 10.2. The highest BCUT2D eigenvalue weighted by Crippen LogP contribution is 2.76. The van der Waals surface area contributed by atoms with Gasteiger partial charge in [0.2, 0.25) is 5.79 Å². The molecule has 27 heavy (non-hydrogen) atoms. The molecule has 0 radical (unpaired) electrons. The van der Waals surface area contributed by atoms with E-state index in [4.69, 9.17) is 10.5 Å². The molecular weight excluding hydrogens is 350 g/mol. The average molecular weight is 379 g/mol. The molecule has 0 unspecified atom stereocenters. The van der Waals surface area contributed by atoms with Crippen molar-refractivity contribution in [2.45, 2.75) is 63.3 Å². The predicted molar refractivity (Wildman–Crippen MR) is 94.0 cm³/mol. The van der Waals surface area contributed by atoms with E-state index < -0.39 is 69.9 Å². The van der Waals surface area contributed by atoms with E-state index in [-0.39, 0.29) is 6.61 Å². The van der Waals surface area contributed by atoms with Gasteiger partial charge in [-0.3, -0.25) is 4.79 Å². The molecule has 150 valence electrons. The van der Waals surface area contributed by atoms with E-state index in [1.807, 2.05) is 13.8 Å². The Labute approximate surface area is 158 Å². The van der Waals surface area contributed by atoms with Crippen molar-refractivity contribution < 1.29 is 30.0 Å². The normalized spacial score (nSPS) is 60.9. The summed E-state index contributed by atoms with van der Waals surface area (Å²) in [6.07, 6.45) is -1.86. The number of fused-ring (bicyclic) bond motifs is 2. The predicted octanol–water partition coefficient (Wildman–Crippen LogP) is -0.687. The summed E-state index contributed by atoms with van der Waals surface area (Å²) >= 11 is 0. The highest BCUT2D eigenvalue weighted by Gasteiger charge is 2.87. The maximum atomic E-state index is 13.4. The largest absolute Gasteiger partial charge is 0.391 e.